The first-order valence-electron chi connectivity index (χ1n) is 6.41. The molecular formula is C12H21N5O3. The lowest BCUT2D eigenvalue weighted by atomic mass is 10.3. The molecule has 0 atom stereocenters. The van der Waals surface area contributed by atoms with Crippen molar-refractivity contribution in [2.75, 3.05) is 37.3 Å². The molecule has 8 nitrogen and oxygen atoms in total. The van der Waals surface area contributed by atoms with Crippen LogP contribution in [0.4, 0.5) is 11.5 Å². The third-order valence-electron chi connectivity index (χ3n) is 3.31. The molecule has 0 radical (unpaired) electrons. The molecule has 20 heavy (non-hydrogen) atoms. The van der Waals surface area contributed by atoms with E-state index in [4.69, 9.17) is 5.73 Å². The van der Waals surface area contributed by atoms with Gasteiger partial charge < -0.3 is 10.6 Å². The maximum absolute atomic E-state index is 12.2. The fourth-order valence-electron chi connectivity index (χ4n) is 1.82. The fraction of sp³-hybridized carbons (Fsp3) is 0.583. The maximum atomic E-state index is 12.2. The fourth-order valence-corrected chi connectivity index (χ4v) is 1.82. The molecule has 0 bridgehead atoms. The molecule has 1 aromatic rings. The molecule has 8 heteroatoms. The molecule has 1 aromatic heterocycles. The second-order valence-electron chi connectivity index (χ2n) is 4.47. The zero-order valence-electron chi connectivity index (χ0n) is 12.3. The minimum Gasteiger partial charge on any atom is -0.383 e. The highest BCUT2D eigenvalue weighted by Gasteiger charge is 2.20. The van der Waals surface area contributed by atoms with Gasteiger partial charge in [-0.1, -0.05) is 13.8 Å². The Hall–Kier alpha value is -2.09. The molecule has 1 rings (SSSR count). The van der Waals surface area contributed by atoms with Crippen LogP contribution in [-0.4, -0.2) is 47.0 Å². The standard InChI is InChI=1S/C12H21N5O3/c1-5-17(6-2)7-8(18)15(3)9-10(13)16(4)12(20)14-11(9)19/h5-7,13H2,1-4H3,(H,14,19,20). The van der Waals surface area contributed by atoms with Gasteiger partial charge in [0, 0.05) is 14.1 Å². The zero-order valence-corrected chi connectivity index (χ0v) is 12.3. The van der Waals surface area contributed by atoms with Crippen molar-refractivity contribution in [3.8, 4) is 0 Å². The number of aromatic amines is 1. The summed E-state index contributed by atoms with van der Waals surface area (Å²) in [7, 11) is 2.90. The number of nitrogens with one attached hydrogen (secondary N) is 1. The quantitative estimate of drug-likeness (QED) is 0.718. The average molecular weight is 283 g/mol. The zero-order chi connectivity index (χ0) is 15.4. The third kappa shape index (κ3) is 3.08. The Bertz CT molecular complexity index is 600. The molecule has 0 aliphatic rings. The Morgan fingerprint density at radius 1 is 1.30 bits per heavy atom. The summed E-state index contributed by atoms with van der Waals surface area (Å²) in [4.78, 5) is 40.6. The molecule has 1 heterocycles. The molecule has 0 saturated carbocycles. The minimum absolute atomic E-state index is 0.00995. The molecule has 0 unspecified atom stereocenters. The number of rotatable bonds is 5. The van der Waals surface area contributed by atoms with Gasteiger partial charge in [0.2, 0.25) is 5.91 Å². The van der Waals surface area contributed by atoms with Gasteiger partial charge in [0.05, 0.1) is 6.54 Å². The van der Waals surface area contributed by atoms with Crippen LogP contribution >= 0.6 is 0 Å². The van der Waals surface area contributed by atoms with Gasteiger partial charge in [-0.05, 0) is 13.1 Å². The topological polar surface area (TPSA) is 104 Å². The van der Waals surface area contributed by atoms with Gasteiger partial charge in [-0.3, -0.25) is 24.0 Å². The monoisotopic (exact) mass is 283 g/mol. The number of nitrogens with two attached hydrogens (primary N) is 1. The van der Waals surface area contributed by atoms with E-state index in [0.29, 0.717) is 0 Å². The van der Waals surface area contributed by atoms with Crippen molar-refractivity contribution in [3.05, 3.63) is 20.8 Å². The van der Waals surface area contributed by atoms with E-state index in [-0.39, 0.29) is 24.0 Å². The lowest BCUT2D eigenvalue weighted by Gasteiger charge is -2.23. The number of likely N-dealkylation sites (N-methyl/N-ethyl adjacent to an activating group) is 2. The Kier molecular flexibility index (Phi) is 5.09. The maximum Gasteiger partial charge on any atom is 0.329 e. The number of aromatic nitrogens is 2. The van der Waals surface area contributed by atoms with E-state index >= 15 is 0 Å². The first-order chi connectivity index (χ1) is 9.33. The molecule has 3 N–H and O–H groups in total. The summed E-state index contributed by atoms with van der Waals surface area (Å²) < 4.78 is 1.10. The number of nitrogen functional groups attached to an aromatic ring is 1. The predicted octanol–water partition coefficient (Wildman–Crippen LogP) is -1.04. The summed E-state index contributed by atoms with van der Waals surface area (Å²) in [6, 6.07) is 0. The number of amides is 1. The first kappa shape index (κ1) is 16.0. The van der Waals surface area contributed by atoms with E-state index in [1.807, 2.05) is 18.7 Å². The highest BCUT2D eigenvalue weighted by atomic mass is 16.2. The van der Waals surface area contributed by atoms with E-state index in [9.17, 15) is 14.4 Å². The van der Waals surface area contributed by atoms with Crippen LogP contribution in [0.15, 0.2) is 9.59 Å². The molecule has 0 aromatic carbocycles. The van der Waals surface area contributed by atoms with Crippen LogP contribution in [0.25, 0.3) is 0 Å². The number of hydrogen-bond donors (Lipinski definition) is 2. The summed E-state index contributed by atoms with van der Waals surface area (Å²) in [5.41, 5.74) is 4.47. The van der Waals surface area contributed by atoms with E-state index in [0.717, 1.165) is 17.7 Å². The minimum atomic E-state index is -0.666. The van der Waals surface area contributed by atoms with Crippen molar-refractivity contribution in [1.82, 2.24) is 14.5 Å². The molecule has 0 spiro atoms. The van der Waals surface area contributed by atoms with Gasteiger partial charge in [0.25, 0.3) is 5.56 Å². The second-order valence-corrected chi connectivity index (χ2v) is 4.47. The van der Waals surface area contributed by atoms with Crippen LogP contribution in [0.3, 0.4) is 0 Å². The van der Waals surface area contributed by atoms with Gasteiger partial charge >= 0.3 is 5.69 Å². The third-order valence-corrected chi connectivity index (χ3v) is 3.31. The van der Waals surface area contributed by atoms with Gasteiger partial charge in [-0.25, -0.2) is 4.79 Å². The molecule has 0 aliphatic heterocycles. The van der Waals surface area contributed by atoms with Crippen molar-refractivity contribution in [1.29, 1.82) is 0 Å². The van der Waals surface area contributed by atoms with Crippen LogP contribution in [0.1, 0.15) is 13.8 Å². The number of nitrogens with zero attached hydrogens (tertiary/aromatic N) is 3. The van der Waals surface area contributed by atoms with Crippen LogP contribution < -0.4 is 21.9 Å². The van der Waals surface area contributed by atoms with E-state index in [2.05, 4.69) is 4.98 Å². The van der Waals surface area contributed by atoms with Crippen LogP contribution in [0.5, 0.6) is 0 Å². The summed E-state index contributed by atoms with van der Waals surface area (Å²) in [5, 5.41) is 0. The van der Waals surface area contributed by atoms with Crippen LogP contribution in [0.2, 0.25) is 0 Å². The summed E-state index contributed by atoms with van der Waals surface area (Å²) in [6.45, 7) is 5.55. The summed E-state index contributed by atoms with van der Waals surface area (Å²) in [6.07, 6.45) is 0. The number of carbonyl (C=O) groups is 1. The van der Waals surface area contributed by atoms with Crippen molar-refractivity contribution in [2.24, 2.45) is 7.05 Å². The van der Waals surface area contributed by atoms with Crippen molar-refractivity contribution >= 4 is 17.4 Å². The SMILES string of the molecule is CCN(CC)CC(=O)N(C)c1c(N)n(C)c(=O)[nH]c1=O. The predicted molar refractivity (Wildman–Crippen MR) is 77.9 cm³/mol. The van der Waals surface area contributed by atoms with Crippen LogP contribution in [0, 0.1) is 0 Å². The van der Waals surface area contributed by atoms with Gasteiger partial charge in [-0.15, -0.1) is 0 Å². The van der Waals surface area contributed by atoms with Crippen LogP contribution in [-0.2, 0) is 11.8 Å². The van der Waals surface area contributed by atoms with E-state index in [1.165, 1.54) is 19.0 Å². The average Bonchev–Trinajstić information content (AvgIpc) is 2.41. The highest BCUT2D eigenvalue weighted by molar-refractivity contribution is 5.96. The number of carbonyl (C=O) groups excluding carboxylic acids is 1. The van der Waals surface area contributed by atoms with Crippen molar-refractivity contribution < 1.29 is 4.79 Å². The normalized spacial score (nSPS) is 10.8. The van der Waals surface area contributed by atoms with Gasteiger partial charge in [0.1, 0.15) is 5.82 Å². The van der Waals surface area contributed by atoms with Gasteiger partial charge in [-0.2, -0.15) is 0 Å². The number of H-pyrrole nitrogens is 1. The second kappa shape index (κ2) is 6.38. The Balaban J connectivity index is 3.13. The lowest BCUT2D eigenvalue weighted by molar-refractivity contribution is -0.119. The number of anilines is 2. The highest BCUT2D eigenvalue weighted by Crippen LogP contribution is 2.13. The van der Waals surface area contributed by atoms with Crippen molar-refractivity contribution in [3.63, 3.8) is 0 Å². The van der Waals surface area contributed by atoms with E-state index < -0.39 is 11.2 Å². The first-order valence-corrected chi connectivity index (χ1v) is 6.41. The van der Waals surface area contributed by atoms with Crippen molar-refractivity contribution in [2.45, 2.75) is 13.8 Å². The molecule has 1 amide bonds. The Morgan fingerprint density at radius 3 is 2.35 bits per heavy atom. The molecule has 0 aliphatic carbocycles. The largest absolute Gasteiger partial charge is 0.383 e. The smallest absolute Gasteiger partial charge is 0.329 e. The molecule has 112 valence electrons. The van der Waals surface area contributed by atoms with Gasteiger partial charge in [0.15, 0.2) is 5.69 Å². The Labute approximate surface area is 116 Å². The summed E-state index contributed by atoms with van der Waals surface area (Å²) >= 11 is 0. The molecule has 0 saturated heterocycles. The molecule has 0 fully saturated rings. The van der Waals surface area contributed by atoms with E-state index in [1.54, 1.807) is 0 Å². The lowest BCUT2D eigenvalue weighted by Crippen LogP contribution is -2.43. The Morgan fingerprint density at radius 2 is 1.85 bits per heavy atom. The number of hydrogen-bond acceptors (Lipinski definition) is 5. The summed E-state index contributed by atoms with van der Waals surface area (Å²) in [5.74, 6) is -0.293. The molecular weight excluding hydrogens is 262 g/mol.